The van der Waals surface area contributed by atoms with Crippen molar-refractivity contribution in [1.82, 2.24) is 15.0 Å². The molecule has 30 heavy (non-hydrogen) atoms. The molecule has 2 aliphatic heterocycles. The Bertz CT molecular complexity index is 826. The molecule has 0 radical (unpaired) electrons. The van der Waals surface area contributed by atoms with Gasteiger partial charge in [-0.15, -0.1) is 0 Å². The zero-order chi connectivity index (χ0) is 20.8. The van der Waals surface area contributed by atoms with Crippen molar-refractivity contribution in [3.05, 3.63) is 29.8 Å². The van der Waals surface area contributed by atoms with Crippen molar-refractivity contribution in [1.29, 1.82) is 0 Å². The predicted molar refractivity (Wildman–Crippen MR) is 121 cm³/mol. The van der Waals surface area contributed by atoms with Crippen LogP contribution in [-0.4, -0.2) is 53.4 Å². The van der Waals surface area contributed by atoms with Crippen LogP contribution in [0.5, 0.6) is 5.75 Å². The highest BCUT2D eigenvalue weighted by Gasteiger charge is 2.21. The molecule has 8 heteroatoms. The highest BCUT2D eigenvalue weighted by molar-refractivity contribution is 5.83. The van der Waals surface area contributed by atoms with Crippen LogP contribution in [-0.2, 0) is 0 Å². The van der Waals surface area contributed by atoms with Crippen molar-refractivity contribution in [3.8, 4) is 5.75 Å². The normalized spacial score (nSPS) is 17.7. The molecule has 1 aromatic carbocycles. The van der Waals surface area contributed by atoms with E-state index < -0.39 is 0 Å². The van der Waals surface area contributed by atoms with Crippen molar-refractivity contribution < 1.29 is 4.74 Å². The van der Waals surface area contributed by atoms with Crippen LogP contribution < -0.4 is 20.0 Å². The molecule has 0 aliphatic carbocycles. The summed E-state index contributed by atoms with van der Waals surface area (Å²) in [5.74, 6) is 2.78. The number of aromatic nitrogens is 3. The topological polar surface area (TPSA) is 78.8 Å². The Balaban J connectivity index is 1.52. The SMILES string of the molecule is CC[C@@H](C)Oc1ccccc1/C=N\Nc1nc(N2CCCC2)nc(N2CCCC2)n1. The second-order valence-electron chi connectivity index (χ2n) is 7.89. The number of hydrazone groups is 1. The van der Waals surface area contributed by atoms with Gasteiger partial charge >= 0.3 is 0 Å². The summed E-state index contributed by atoms with van der Waals surface area (Å²) in [6, 6.07) is 7.90. The Kier molecular flexibility index (Phi) is 6.61. The lowest BCUT2D eigenvalue weighted by Gasteiger charge is -2.20. The van der Waals surface area contributed by atoms with Gasteiger partial charge in [0.05, 0.1) is 12.3 Å². The minimum Gasteiger partial charge on any atom is -0.490 e. The molecule has 1 atom stereocenters. The molecule has 1 aromatic heterocycles. The van der Waals surface area contributed by atoms with Crippen LogP contribution in [0.1, 0.15) is 51.5 Å². The highest BCUT2D eigenvalue weighted by atomic mass is 16.5. The number of nitrogens with zero attached hydrogens (tertiary/aromatic N) is 6. The zero-order valence-electron chi connectivity index (χ0n) is 17.9. The van der Waals surface area contributed by atoms with Gasteiger partial charge < -0.3 is 14.5 Å². The molecule has 0 saturated carbocycles. The summed E-state index contributed by atoms with van der Waals surface area (Å²) in [6.07, 6.45) is 7.58. The molecule has 2 fully saturated rings. The summed E-state index contributed by atoms with van der Waals surface area (Å²) in [4.78, 5) is 18.4. The van der Waals surface area contributed by atoms with Crippen LogP contribution in [0.3, 0.4) is 0 Å². The standard InChI is InChI=1S/C22H31N7O/c1-3-17(2)30-19-11-5-4-10-18(19)16-23-27-20-24-21(28-12-6-7-13-28)26-22(25-20)29-14-8-9-15-29/h4-5,10-11,16-17H,3,6-9,12-15H2,1-2H3,(H,24,25,26,27)/b23-16-/t17-/m1/s1. The van der Waals surface area contributed by atoms with Crippen molar-refractivity contribution in [3.63, 3.8) is 0 Å². The van der Waals surface area contributed by atoms with Crippen LogP contribution in [0.15, 0.2) is 29.4 Å². The van der Waals surface area contributed by atoms with Gasteiger partial charge in [0, 0.05) is 31.7 Å². The fourth-order valence-corrected chi connectivity index (χ4v) is 3.68. The van der Waals surface area contributed by atoms with E-state index in [-0.39, 0.29) is 6.10 Å². The number of benzene rings is 1. The molecule has 2 aromatic rings. The van der Waals surface area contributed by atoms with E-state index in [0.29, 0.717) is 5.95 Å². The van der Waals surface area contributed by atoms with Crippen LogP contribution in [0.25, 0.3) is 0 Å². The Morgan fingerprint density at radius 3 is 2.20 bits per heavy atom. The summed E-state index contributed by atoms with van der Waals surface area (Å²) < 4.78 is 6.00. The van der Waals surface area contributed by atoms with Gasteiger partial charge in [0.2, 0.25) is 17.8 Å². The zero-order valence-corrected chi connectivity index (χ0v) is 17.9. The average Bonchev–Trinajstić information content (AvgIpc) is 3.49. The van der Waals surface area contributed by atoms with Gasteiger partial charge in [-0.1, -0.05) is 19.1 Å². The average molecular weight is 410 g/mol. The van der Waals surface area contributed by atoms with E-state index in [1.807, 2.05) is 24.3 Å². The van der Waals surface area contributed by atoms with Crippen molar-refractivity contribution in [2.75, 3.05) is 41.4 Å². The third-order valence-electron chi connectivity index (χ3n) is 5.58. The van der Waals surface area contributed by atoms with E-state index in [2.05, 4.69) is 44.1 Å². The highest BCUT2D eigenvalue weighted by Crippen LogP contribution is 2.23. The summed E-state index contributed by atoms with van der Waals surface area (Å²) in [5.41, 5.74) is 3.93. The monoisotopic (exact) mass is 409 g/mol. The minimum atomic E-state index is 0.155. The van der Waals surface area contributed by atoms with Crippen LogP contribution >= 0.6 is 0 Å². The molecule has 2 aliphatic rings. The number of para-hydroxylation sites is 1. The smallest absolute Gasteiger partial charge is 0.250 e. The van der Waals surface area contributed by atoms with E-state index in [1.165, 1.54) is 25.7 Å². The molecular weight excluding hydrogens is 378 g/mol. The molecule has 0 unspecified atom stereocenters. The van der Waals surface area contributed by atoms with E-state index in [9.17, 15) is 0 Å². The first-order valence-electron chi connectivity index (χ1n) is 11.0. The van der Waals surface area contributed by atoms with Gasteiger partial charge in [-0.3, -0.25) is 0 Å². The summed E-state index contributed by atoms with van der Waals surface area (Å²) >= 11 is 0. The first kappa shape index (κ1) is 20.4. The first-order chi connectivity index (χ1) is 14.7. The van der Waals surface area contributed by atoms with Crippen molar-refractivity contribution >= 4 is 24.1 Å². The fraction of sp³-hybridized carbons (Fsp3) is 0.545. The summed E-state index contributed by atoms with van der Waals surface area (Å²) in [5, 5.41) is 4.40. The Morgan fingerprint density at radius 2 is 1.60 bits per heavy atom. The van der Waals surface area contributed by atoms with Crippen LogP contribution in [0, 0.1) is 0 Å². The molecule has 0 spiro atoms. The fourth-order valence-electron chi connectivity index (χ4n) is 3.68. The second kappa shape index (κ2) is 9.73. The molecule has 4 rings (SSSR count). The molecule has 3 heterocycles. The van der Waals surface area contributed by atoms with Crippen LogP contribution in [0.4, 0.5) is 17.8 Å². The number of nitrogens with one attached hydrogen (secondary N) is 1. The van der Waals surface area contributed by atoms with Crippen molar-refractivity contribution in [2.45, 2.75) is 52.1 Å². The Morgan fingerprint density at radius 1 is 1.00 bits per heavy atom. The van der Waals surface area contributed by atoms with Gasteiger partial charge in [0.1, 0.15) is 5.75 Å². The molecular formula is C22H31N7O. The number of rotatable bonds is 8. The predicted octanol–water partition coefficient (Wildman–Crippen LogP) is 3.70. The maximum Gasteiger partial charge on any atom is 0.250 e. The van der Waals surface area contributed by atoms with Crippen molar-refractivity contribution in [2.24, 2.45) is 5.10 Å². The maximum atomic E-state index is 6.00. The van der Waals surface area contributed by atoms with Gasteiger partial charge in [0.25, 0.3) is 0 Å². The molecule has 160 valence electrons. The van der Waals surface area contributed by atoms with Gasteiger partial charge in [-0.25, -0.2) is 5.43 Å². The number of anilines is 3. The molecule has 2 saturated heterocycles. The van der Waals surface area contributed by atoms with E-state index >= 15 is 0 Å². The number of hydrogen-bond donors (Lipinski definition) is 1. The lowest BCUT2D eigenvalue weighted by atomic mass is 10.2. The minimum absolute atomic E-state index is 0.155. The summed E-state index contributed by atoms with van der Waals surface area (Å²) in [7, 11) is 0. The molecule has 0 amide bonds. The quantitative estimate of drug-likeness (QED) is 0.526. The van der Waals surface area contributed by atoms with Gasteiger partial charge in [0.15, 0.2) is 0 Å². The maximum absolute atomic E-state index is 6.00. The molecule has 8 nitrogen and oxygen atoms in total. The van der Waals surface area contributed by atoms with Gasteiger partial charge in [-0.2, -0.15) is 20.1 Å². The second-order valence-corrected chi connectivity index (χ2v) is 7.89. The third-order valence-corrected chi connectivity index (χ3v) is 5.58. The largest absolute Gasteiger partial charge is 0.490 e. The lowest BCUT2D eigenvalue weighted by Crippen LogP contribution is -2.25. The molecule has 0 bridgehead atoms. The Hall–Kier alpha value is -2.90. The first-order valence-corrected chi connectivity index (χ1v) is 11.0. The van der Waals surface area contributed by atoms with E-state index in [0.717, 1.165) is 55.8 Å². The van der Waals surface area contributed by atoms with Gasteiger partial charge in [-0.05, 0) is 51.2 Å². The molecule has 1 N–H and O–H groups in total. The number of ether oxygens (including phenoxy) is 1. The summed E-state index contributed by atoms with van der Waals surface area (Å²) in [6.45, 7) is 8.15. The Labute approximate surface area is 178 Å². The lowest BCUT2D eigenvalue weighted by molar-refractivity contribution is 0.217. The van der Waals surface area contributed by atoms with Crippen LogP contribution in [0.2, 0.25) is 0 Å². The number of hydrogen-bond acceptors (Lipinski definition) is 8. The van der Waals surface area contributed by atoms with E-state index in [4.69, 9.17) is 9.72 Å². The third kappa shape index (κ3) is 4.98. The van der Waals surface area contributed by atoms with E-state index in [1.54, 1.807) is 6.21 Å².